The molecular weight excluding hydrogens is 580 g/mol. The molecule has 218 valence electrons. The highest BCUT2D eigenvalue weighted by molar-refractivity contribution is 9.10. The average Bonchev–Trinajstić information content (AvgIpc) is 2.99. The third-order valence-electron chi connectivity index (χ3n) is 7.68. The van der Waals surface area contributed by atoms with E-state index in [9.17, 15) is 9.59 Å². The van der Waals surface area contributed by atoms with Crippen molar-refractivity contribution >= 4 is 27.7 Å². The summed E-state index contributed by atoms with van der Waals surface area (Å²) in [5, 5.41) is 3.28. The summed E-state index contributed by atoms with van der Waals surface area (Å²) in [7, 11) is 1.62. The Bertz CT molecular complexity index is 1290. The van der Waals surface area contributed by atoms with E-state index in [-0.39, 0.29) is 31.0 Å². The third-order valence-corrected chi connectivity index (χ3v) is 8.30. The highest BCUT2D eigenvalue weighted by Crippen LogP contribution is 2.29. The Morgan fingerprint density at radius 2 is 1.68 bits per heavy atom. The number of benzene rings is 3. The molecule has 6 nitrogen and oxygen atoms in total. The van der Waals surface area contributed by atoms with Crippen LogP contribution in [0.15, 0.2) is 77.3 Å². The van der Waals surface area contributed by atoms with Gasteiger partial charge in [-0.05, 0) is 75.6 Å². The van der Waals surface area contributed by atoms with Crippen LogP contribution in [-0.4, -0.2) is 42.5 Å². The lowest BCUT2D eigenvalue weighted by molar-refractivity contribution is -0.143. The van der Waals surface area contributed by atoms with Crippen LogP contribution in [0.5, 0.6) is 11.5 Å². The van der Waals surface area contributed by atoms with Gasteiger partial charge in [0.05, 0.1) is 11.6 Å². The Kier molecular flexibility index (Phi) is 11.3. The van der Waals surface area contributed by atoms with Gasteiger partial charge >= 0.3 is 0 Å². The standard InChI is InChI=1S/C34H41BrN2O4/c1-24(2)27-17-18-32(30(35)21-27)41-23-33(38)37(22-26-13-10-16-29(19-26)40-3)31(20-25-11-6-4-7-12-25)34(39)36-28-14-8-5-9-15-28/h4,6-7,10-13,16-19,21,24,28,31H,5,8-9,14-15,20,22-23H2,1-3H3,(H,36,39). The van der Waals surface area contributed by atoms with Crippen LogP contribution < -0.4 is 14.8 Å². The molecule has 1 atom stereocenters. The molecule has 1 unspecified atom stereocenters. The lowest BCUT2D eigenvalue weighted by atomic mass is 9.94. The zero-order valence-corrected chi connectivity index (χ0v) is 25.9. The second kappa shape index (κ2) is 15.1. The molecule has 0 radical (unpaired) electrons. The molecule has 3 aromatic rings. The van der Waals surface area contributed by atoms with E-state index in [1.807, 2.05) is 72.8 Å². The fourth-order valence-electron chi connectivity index (χ4n) is 5.28. The van der Waals surface area contributed by atoms with Crippen molar-refractivity contribution in [3.05, 3.63) is 94.0 Å². The topological polar surface area (TPSA) is 67.9 Å². The smallest absolute Gasteiger partial charge is 0.261 e. The molecule has 3 aromatic carbocycles. The van der Waals surface area contributed by atoms with Crippen molar-refractivity contribution in [2.75, 3.05) is 13.7 Å². The number of carbonyl (C=O) groups is 2. The molecule has 0 saturated heterocycles. The molecule has 0 aromatic heterocycles. The number of hydrogen-bond acceptors (Lipinski definition) is 4. The average molecular weight is 622 g/mol. The number of rotatable bonds is 12. The SMILES string of the molecule is COc1cccc(CN(C(=O)COc2ccc(C(C)C)cc2Br)C(Cc2ccccc2)C(=O)NC2CCCCC2)c1. The summed E-state index contributed by atoms with van der Waals surface area (Å²) in [5.74, 6) is 1.29. The van der Waals surface area contributed by atoms with Crippen molar-refractivity contribution in [2.45, 2.75) is 76.9 Å². The molecule has 0 bridgehead atoms. The number of nitrogens with zero attached hydrogens (tertiary/aromatic N) is 1. The monoisotopic (exact) mass is 620 g/mol. The first-order valence-electron chi connectivity index (χ1n) is 14.5. The van der Waals surface area contributed by atoms with Crippen molar-refractivity contribution < 1.29 is 19.1 Å². The lowest BCUT2D eigenvalue weighted by Crippen LogP contribution is -2.53. The first-order chi connectivity index (χ1) is 19.8. The van der Waals surface area contributed by atoms with Gasteiger partial charge < -0.3 is 19.7 Å². The van der Waals surface area contributed by atoms with E-state index in [1.165, 1.54) is 12.0 Å². The predicted octanol–water partition coefficient (Wildman–Crippen LogP) is 7.05. The Balaban J connectivity index is 1.62. The third kappa shape index (κ3) is 8.83. The minimum atomic E-state index is -0.701. The summed E-state index contributed by atoms with van der Waals surface area (Å²) >= 11 is 3.60. The van der Waals surface area contributed by atoms with Crippen molar-refractivity contribution in [2.24, 2.45) is 0 Å². The molecular formula is C34H41BrN2O4. The molecule has 0 aliphatic heterocycles. The van der Waals surface area contributed by atoms with Crippen LogP contribution in [0.25, 0.3) is 0 Å². The first-order valence-corrected chi connectivity index (χ1v) is 15.3. The minimum absolute atomic E-state index is 0.125. The minimum Gasteiger partial charge on any atom is -0.497 e. The fourth-order valence-corrected chi connectivity index (χ4v) is 5.79. The molecule has 1 N–H and O–H groups in total. The molecule has 1 fully saturated rings. The van der Waals surface area contributed by atoms with Gasteiger partial charge in [-0.25, -0.2) is 0 Å². The summed E-state index contributed by atoms with van der Waals surface area (Å²) in [6.07, 6.45) is 5.76. The highest BCUT2D eigenvalue weighted by Gasteiger charge is 2.32. The molecule has 0 heterocycles. The summed E-state index contributed by atoms with van der Waals surface area (Å²) in [6.45, 7) is 4.33. The largest absolute Gasteiger partial charge is 0.497 e. The van der Waals surface area contributed by atoms with E-state index in [0.717, 1.165) is 41.3 Å². The number of ether oxygens (including phenoxy) is 2. The Hall–Kier alpha value is -3.32. The maximum absolute atomic E-state index is 14.0. The van der Waals surface area contributed by atoms with Gasteiger partial charge in [0.25, 0.3) is 5.91 Å². The van der Waals surface area contributed by atoms with Crippen LogP contribution in [0.3, 0.4) is 0 Å². The molecule has 1 aliphatic carbocycles. The number of carbonyl (C=O) groups excluding carboxylic acids is 2. The van der Waals surface area contributed by atoms with Crippen LogP contribution in [-0.2, 0) is 22.6 Å². The van der Waals surface area contributed by atoms with Gasteiger partial charge in [-0.2, -0.15) is 0 Å². The normalized spacial score (nSPS) is 14.4. The van der Waals surface area contributed by atoms with Gasteiger partial charge in [0.15, 0.2) is 6.61 Å². The van der Waals surface area contributed by atoms with Crippen LogP contribution in [0.1, 0.15) is 68.6 Å². The van der Waals surface area contributed by atoms with Crippen molar-refractivity contribution in [1.82, 2.24) is 10.2 Å². The molecule has 1 aliphatic rings. The number of halogens is 1. The van der Waals surface area contributed by atoms with E-state index in [2.05, 4.69) is 35.1 Å². The summed E-state index contributed by atoms with van der Waals surface area (Å²) in [6, 6.07) is 22.8. The van der Waals surface area contributed by atoms with Crippen molar-refractivity contribution in [3.63, 3.8) is 0 Å². The summed E-state index contributed by atoms with van der Waals surface area (Å²) < 4.78 is 12.3. The Morgan fingerprint density at radius 1 is 0.951 bits per heavy atom. The number of amides is 2. The van der Waals surface area contributed by atoms with Gasteiger partial charge in [0.1, 0.15) is 17.5 Å². The molecule has 2 amide bonds. The van der Waals surface area contributed by atoms with E-state index in [1.54, 1.807) is 12.0 Å². The molecule has 4 rings (SSSR count). The van der Waals surface area contributed by atoms with Crippen molar-refractivity contribution in [1.29, 1.82) is 0 Å². The Morgan fingerprint density at radius 3 is 2.37 bits per heavy atom. The zero-order valence-electron chi connectivity index (χ0n) is 24.3. The zero-order chi connectivity index (χ0) is 29.2. The van der Waals surface area contributed by atoms with Gasteiger partial charge in [-0.3, -0.25) is 9.59 Å². The predicted molar refractivity (Wildman–Crippen MR) is 166 cm³/mol. The second-order valence-corrected chi connectivity index (χ2v) is 11.9. The summed E-state index contributed by atoms with van der Waals surface area (Å²) in [5.41, 5.74) is 3.05. The highest BCUT2D eigenvalue weighted by atomic mass is 79.9. The fraction of sp³-hybridized carbons (Fsp3) is 0.412. The number of methoxy groups -OCH3 is 1. The van der Waals surface area contributed by atoms with E-state index >= 15 is 0 Å². The second-order valence-electron chi connectivity index (χ2n) is 11.1. The number of hydrogen-bond donors (Lipinski definition) is 1. The molecule has 0 spiro atoms. The first kappa shape index (κ1) is 30.6. The quantitative estimate of drug-likeness (QED) is 0.236. The van der Waals surface area contributed by atoms with E-state index in [0.29, 0.717) is 23.8 Å². The molecule has 1 saturated carbocycles. The van der Waals surface area contributed by atoms with Crippen LogP contribution in [0.4, 0.5) is 0 Å². The molecule has 41 heavy (non-hydrogen) atoms. The van der Waals surface area contributed by atoms with E-state index in [4.69, 9.17) is 9.47 Å². The van der Waals surface area contributed by atoms with Crippen LogP contribution >= 0.6 is 15.9 Å². The van der Waals surface area contributed by atoms with Crippen molar-refractivity contribution in [3.8, 4) is 11.5 Å². The van der Waals surface area contributed by atoms with Gasteiger partial charge in [-0.1, -0.05) is 81.6 Å². The van der Waals surface area contributed by atoms with Crippen LogP contribution in [0.2, 0.25) is 0 Å². The number of nitrogens with one attached hydrogen (secondary N) is 1. The molecule has 7 heteroatoms. The van der Waals surface area contributed by atoms with Crippen LogP contribution in [0, 0.1) is 0 Å². The van der Waals surface area contributed by atoms with E-state index < -0.39 is 6.04 Å². The maximum Gasteiger partial charge on any atom is 0.261 e. The Labute approximate surface area is 252 Å². The summed E-state index contributed by atoms with van der Waals surface area (Å²) in [4.78, 5) is 29.6. The lowest BCUT2D eigenvalue weighted by Gasteiger charge is -2.33. The van der Waals surface area contributed by atoms with Gasteiger partial charge in [0.2, 0.25) is 5.91 Å². The van der Waals surface area contributed by atoms with Gasteiger partial charge in [0, 0.05) is 19.0 Å². The maximum atomic E-state index is 14.0. The van der Waals surface area contributed by atoms with Gasteiger partial charge in [-0.15, -0.1) is 0 Å².